The van der Waals surface area contributed by atoms with E-state index in [-0.39, 0.29) is 10.7 Å². The van der Waals surface area contributed by atoms with E-state index in [0.717, 1.165) is 22.0 Å². The zero-order valence-corrected chi connectivity index (χ0v) is 22.0. The molecule has 0 aliphatic carbocycles. The molecule has 1 aromatic heterocycles. The van der Waals surface area contributed by atoms with Crippen LogP contribution in [0.2, 0.25) is 5.02 Å². The zero-order valence-electron chi connectivity index (χ0n) is 20.4. The number of rotatable bonds is 4. The maximum Gasteiger partial charge on any atom is 0.270 e. The van der Waals surface area contributed by atoms with Gasteiger partial charge in [-0.15, -0.1) is 0 Å². The van der Waals surface area contributed by atoms with Gasteiger partial charge >= 0.3 is 0 Å². The van der Waals surface area contributed by atoms with Crippen LogP contribution in [0, 0.1) is 6.92 Å². The maximum atomic E-state index is 13.6. The largest absolute Gasteiger partial charge is 0.342 e. The smallest absolute Gasteiger partial charge is 0.270 e. The number of anilines is 1. The van der Waals surface area contributed by atoms with Gasteiger partial charge < -0.3 is 4.57 Å². The SMILES string of the molecule is Cc1c(Cl)cccc1N1C(=O)/C(=C/c2cn(Cc3ccc4ccccc4c3)c3ccccc23)C(=O)NC1=S. The van der Waals surface area contributed by atoms with Gasteiger partial charge in [0.1, 0.15) is 5.57 Å². The van der Waals surface area contributed by atoms with E-state index in [9.17, 15) is 9.59 Å². The van der Waals surface area contributed by atoms with Gasteiger partial charge in [-0.1, -0.05) is 72.3 Å². The number of para-hydroxylation sites is 1. The molecule has 38 heavy (non-hydrogen) atoms. The van der Waals surface area contributed by atoms with Gasteiger partial charge in [0.2, 0.25) is 0 Å². The molecule has 1 aliphatic rings. The number of benzene rings is 4. The van der Waals surface area contributed by atoms with E-state index in [2.05, 4.69) is 40.2 Å². The Morgan fingerprint density at radius 1 is 0.921 bits per heavy atom. The monoisotopic (exact) mass is 535 g/mol. The van der Waals surface area contributed by atoms with Gasteiger partial charge in [-0.05, 0) is 71.4 Å². The summed E-state index contributed by atoms with van der Waals surface area (Å²) in [6.45, 7) is 2.46. The highest BCUT2D eigenvalue weighted by molar-refractivity contribution is 7.80. The fourth-order valence-electron chi connectivity index (χ4n) is 4.92. The predicted octanol–water partition coefficient (Wildman–Crippen LogP) is 6.64. The summed E-state index contributed by atoms with van der Waals surface area (Å²) in [6, 6.07) is 27.9. The van der Waals surface area contributed by atoms with Crippen LogP contribution in [0.4, 0.5) is 5.69 Å². The molecular formula is C31H22ClN3O2S. The summed E-state index contributed by atoms with van der Waals surface area (Å²) >= 11 is 11.7. The number of aromatic nitrogens is 1. The fraction of sp³-hybridized carbons (Fsp3) is 0.0645. The lowest BCUT2D eigenvalue weighted by Gasteiger charge is -2.30. The molecule has 2 heterocycles. The topological polar surface area (TPSA) is 54.3 Å². The first-order valence-corrected chi connectivity index (χ1v) is 12.9. The first-order chi connectivity index (χ1) is 18.4. The Labute approximate surface area is 229 Å². The molecule has 186 valence electrons. The zero-order chi connectivity index (χ0) is 26.4. The third-order valence-corrected chi connectivity index (χ3v) is 7.56. The number of hydrogen-bond acceptors (Lipinski definition) is 3. The van der Waals surface area contributed by atoms with Crippen LogP contribution in [0.15, 0.2) is 96.7 Å². The van der Waals surface area contributed by atoms with Crippen molar-refractivity contribution < 1.29 is 9.59 Å². The molecule has 2 amide bonds. The van der Waals surface area contributed by atoms with Crippen molar-refractivity contribution >= 4 is 74.2 Å². The molecule has 6 rings (SSSR count). The van der Waals surface area contributed by atoms with Gasteiger partial charge in [0.25, 0.3) is 11.8 Å². The first kappa shape index (κ1) is 24.1. The first-order valence-electron chi connectivity index (χ1n) is 12.1. The molecule has 5 nitrogen and oxygen atoms in total. The molecule has 1 fully saturated rings. The molecule has 1 aliphatic heterocycles. The van der Waals surface area contributed by atoms with Crippen molar-refractivity contribution in [3.05, 3.63) is 118 Å². The number of thiocarbonyl (C=S) groups is 1. The van der Waals surface area contributed by atoms with Crippen LogP contribution < -0.4 is 10.2 Å². The van der Waals surface area contributed by atoms with Crippen LogP contribution in [0.25, 0.3) is 27.8 Å². The average Bonchev–Trinajstić information content (AvgIpc) is 3.25. The van der Waals surface area contributed by atoms with Crippen molar-refractivity contribution in [1.29, 1.82) is 0 Å². The number of halogens is 1. The van der Waals surface area contributed by atoms with E-state index in [1.807, 2.05) is 49.5 Å². The number of carbonyl (C=O) groups is 2. The quantitative estimate of drug-likeness (QED) is 0.159. The van der Waals surface area contributed by atoms with Crippen molar-refractivity contribution in [2.45, 2.75) is 13.5 Å². The van der Waals surface area contributed by atoms with Crippen LogP contribution in [-0.4, -0.2) is 21.5 Å². The summed E-state index contributed by atoms with van der Waals surface area (Å²) in [5.41, 5.74) is 4.18. The molecule has 0 bridgehead atoms. The number of fused-ring (bicyclic) bond motifs is 2. The minimum atomic E-state index is -0.526. The fourth-order valence-corrected chi connectivity index (χ4v) is 5.37. The van der Waals surface area contributed by atoms with E-state index in [4.69, 9.17) is 23.8 Å². The van der Waals surface area contributed by atoms with Crippen molar-refractivity contribution in [2.24, 2.45) is 0 Å². The van der Waals surface area contributed by atoms with Crippen LogP contribution >= 0.6 is 23.8 Å². The molecule has 4 aromatic carbocycles. The predicted molar refractivity (Wildman–Crippen MR) is 157 cm³/mol. The summed E-state index contributed by atoms with van der Waals surface area (Å²) < 4.78 is 2.14. The van der Waals surface area contributed by atoms with Crippen molar-refractivity contribution in [2.75, 3.05) is 4.90 Å². The molecular weight excluding hydrogens is 514 g/mol. The highest BCUT2D eigenvalue weighted by Gasteiger charge is 2.35. The molecule has 0 unspecified atom stereocenters. The van der Waals surface area contributed by atoms with Gasteiger partial charge in [0.05, 0.1) is 5.69 Å². The summed E-state index contributed by atoms with van der Waals surface area (Å²) in [5.74, 6) is -1.02. The van der Waals surface area contributed by atoms with Crippen molar-refractivity contribution in [3.8, 4) is 0 Å². The third kappa shape index (κ3) is 4.18. The van der Waals surface area contributed by atoms with Gasteiger partial charge in [0, 0.05) is 34.2 Å². The van der Waals surface area contributed by atoms with Crippen molar-refractivity contribution in [3.63, 3.8) is 0 Å². The Balaban J connectivity index is 1.41. The van der Waals surface area contributed by atoms with Crippen LogP contribution in [0.3, 0.4) is 0 Å². The molecule has 0 spiro atoms. The second-order valence-electron chi connectivity index (χ2n) is 9.25. The molecule has 1 saturated heterocycles. The molecule has 0 saturated carbocycles. The lowest BCUT2D eigenvalue weighted by molar-refractivity contribution is -0.122. The minimum absolute atomic E-state index is 0.00610. The summed E-state index contributed by atoms with van der Waals surface area (Å²) in [6.07, 6.45) is 3.63. The highest BCUT2D eigenvalue weighted by atomic mass is 35.5. The van der Waals surface area contributed by atoms with Gasteiger partial charge in [-0.2, -0.15) is 0 Å². The second kappa shape index (κ2) is 9.56. The normalized spacial score (nSPS) is 15.1. The number of hydrogen-bond donors (Lipinski definition) is 1. The Morgan fingerprint density at radius 2 is 1.68 bits per heavy atom. The molecule has 0 radical (unpaired) electrons. The highest BCUT2D eigenvalue weighted by Crippen LogP contribution is 2.31. The van der Waals surface area contributed by atoms with Crippen LogP contribution in [-0.2, 0) is 16.1 Å². The summed E-state index contributed by atoms with van der Waals surface area (Å²) in [5, 5.41) is 6.53. The summed E-state index contributed by atoms with van der Waals surface area (Å²) in [7, 11) is 0. The standard InChI is InChI=1S/C31H22ClN3O2S/c1-19-26(32)10-6-12-27(19)35-30(37)25(29(36)33-31(35)38)16-23-18-34(28-11-5-4-9-24(23)28)17-20-13-14-21-7-2-3-8-22(21)15-20/h2-16,18H,17H2,1H3,(H,33,36,38)/b25-16+. The van der Waals surface area contributed by atoms with Crippen LogP contribution in [0.5, 0.6) is 0 Å². The Morgan fingerprint density at radius 3 is 2.53 bits per heavy atom. The number of carbonyl (C=O) groups excluding carboxylic acids is 2. The minimum Gasteiger partial charge on any atom is -0.342 e. The van der Waals surface area contributed by atoms with E-state index in [0.29, 0.717) is 22.8 Å². The number of nitrogens with zero attached hydrogens (tertiary/aromatic N) is 2. The van der Waals surface area contributed by atoms with E-state index in [1.54, 1.807) is 24.3 Å². The van der Waals surface area contributed by atoms with Gasteiger partial charge in [-0.25, -0.2) is 0 Å². The Bertz CT molecular complexity index is 1820. The molecule has 0 atom stereocenters. The van der Waals surface area contributed by atoms with Crippen LogP contribution in [0.1, 0.15) is 16.7 Å². The van der Waals surface area contributed by atoms with E-state index >= 15 is 0 Å². The van der Waals surface area contributed by atoms with Crippen molar-refractivity contribution in [1.82, 2.24) is 9.88 Å². The van der Waals surface area contributed by atoms with Gasteiger partial charge in [-0.3, -0.25) is 19.8 Å². The average molecular weight is 536 g/mol. The third-order valence-electron chi connectivity index (χ3n) is 6.87. The Kier molecular flexibility index (Phi) is 6.06. The second-order valence-corrected chi connectivity index (χ2v) is 10.0. The lowest BCUT2D eigenvalue weighted by atomic mass is 10.1. The molecule has 1 N–H and O–H groups in total. The number of nitrogens with one attached hydrogen (secondary N) is 1. The van der Waals surface area contributed by atoms with Gasteiger partial charge in [0.15, 0.2) is 5.11 Å². The lowest BCUT2D eigenvalue weighted by Crippen LogP contribution is -2.54. The van der Waals surface area contributed by atoms with E-state index in [1.165, 1.54) is 15.7 Å². The maximum absolute atomic E-state index is 13.6. The van der Waals surface area contributed by atoms with E-state index < -0.39 is 11.8 Å². The Hall–Kier alpha value is -4.26. The molecule has 7 heteroatoms. The number of amides is 2. The molecule has 5 aromatic rings. The summed E-state index contributed by atoms with van der Waals surface area (Å²) in [4.78, 5) is 27.9.